The maximum absolute atomic E-state index is 13.4. The quantitative estimate of drug-likeness (QED) is 0.291. The minimum atomic E-state index is -3.09. The standard InChI is InChI=1S/C25H22ClF4N7O2S/c26-14-2-3-18(39-23(27)28)16(10-14)19-22(34-21(38)17-11-32-37-7-1-6-31-20(17)37)40-24(33-19)35-8-4-15(5-9-35)36-12-25(29,30)13-36/h1-3,6-7,10-11,15,23H,4-5,8-9,12-13H2,(H,34,38). The predicted molar refractivity (Wildman–Crippen MR) is 142 cm³/mol. The van der Waals surface area contributed by atoms with Gasteiger partial charge < -0.3 is 15.0 Å². The number of hydrogen-bond donors (Lipinski definition) is 1. The Balaban J connectivity index is 1.31. The van der Waals surface area contributed by atoms with Gasteiger partial charge in [-0.05, 0) is 37.1 Å². The smallest absolute Gasteiger partial charge is 0.387 e. The van der Waals surface area contributed by atoms with Gasteiger partial charge in [-0.15, -0.1) is 0 Å². The topological polar surface area (TPSA) is 87.9 Å². The largest absolute Gasteiger partial charge is 0.434 e. The Labute approximate surface area is 234 Å². The van der Waals surface area contributed by atoms with Gasteiger partial charge in [0.25, 0.3) is 11.8 Å². The number of carbonyl (C=O) groups excluding carboxylic acids is 1. The number of amides is 1. The molecule has 1 N–H and O–H groups in total. The lowest BCUT2D eigenvalue weighted by molar-refractivity contribution is -0.148. The summed E-state index contributed by atoms with van der Waals surface area (Å²) in [6.07, 6.45) is 5.90. The summed E-state index contributed by atoms with van der Waals surface area (Å²) in [4.78, 5) is 26.0. The number of thiazole rings is 1. The molecular weight excluding hydrogens is 574 g/mol. The van der Waals surface area contributed by atoms with E-state index in [1.165, 1.54) is 46.4 Å². The van der Waals surface area contributed by atoms with Crippen molar-refractivity contribution in [3.8, 4) is 17.0 Å². The highest BCUT2D eigenvalue weighted by atomic mass is 35.5. The van der Waals surface area contributed by atoms with Gasteiger partial charge in [0.2, 0.25) is 0 Å². The second-order valence-corrected chi connectivity index (χ2v) is 11.0. The monoisotopic (exact) mass is 595 g/mol. The molecule has 0 atom stereocenters. The number of aromatic nitrogens is 4. The number of likely N-dealkylation sites (tertiary alicyclic amines) is 1. The third-order valence-corrected chi connectivity index (χ3v) is 8.17. The summed E-state index contributed by atoms with van der Waals surface area (Å²) in [5, 5.41) is 8.08. The molecule has 0 aliphatic carbocycles. The van der Waals surface area contributed by atoms with E-state index in [2.05, 4.69) is 15.4 Å². The molecule has 0 unspecified atom stereocenters. The van der Waals surface area contributed by atoms with E-state index in [1.807, 2.05) is 4.90 Å². The van der Waals surface area contributed by atoms with Crippen LogP contribution in [-0.2, 0) is 0 Å². The van der Waals surface area contributed by atoms with E-state index in [0.29, 0.717) is 41.7 Å². The van der Waals surface area contributed by atoms with Gasteiger partial charge in [-0.25, -0.2) is 23.3 Å². The zero-order valence-electron chi connectivity index (χ0n) is 20.7. The summed E-state index contributed by atoms with van der Waals surface area (Å²) in [5.74, 6) is -3.29. The molecule has 0 radical (unpaired) electrons. The van der Waals surface area contributed by atoms with Crippen molar-refractivity contribution in [2.45, 2.75) is 31.4 Å². The minimum Gasteiger partial charge on any atom is -0.434 e. The molecule has 3 aromatic heterocycles. The molecule has 5 heterocycles. The van der Waals surface area contributed by atoms with Gasteiger partial charge in [0.1, 0.15) is 22.0 Å². The highest BCUT2D eigenvalue weighted by molar-refractivity contribution is 7.20. The molecule has 2 saturated heterocycles. The van der Waals surface area contributed by atoms with E-state index < -0.39 is 18.4 Å². The maximum Gasteiger partial charge on any atom is 0.387 e. The second kappa shape index (κ2) is 10.5. The lowest BCUT2D eigenvalue weighted by Crippen LogP contribution is -2.61. The van der Waals surface area contributed by atoms with Crippen molar-refractivity contribution in [1.82, 2.24) is 24.5 Å². The number of rotatable bonds is 7. The van der Waals surface area contributed by atoms with Gasteiger partial charge in [0, 0.05) is 42.1 Å². The van der Waals surface area contributed by atoms with Crippen LogP contribution in [0.2, 0.25) is 5.02 Å². The Morgan fingerprint density at radius 2 is 2.00 bits per heavy atom. The Hall–Kier alpha value is -3.49. The van der Waals surface area contributed by atoms with Crippen molar-refractivity contribution in [1.29, 1.82) is 0 Å². The van der Waals surface area contributed by atoms with Crippen LogP contribution in [0, 0.1) is 0 Å². The highest BCUT2D eigenvalue weighted by Gasteiger charge is 2.47. The van der Waals surface area contributed by atoms with Gasteiger partial charge in [-0.3, -0.25) is 9.69 Å². The Kier molecular flexibility index (Phi) is 7.00. The highest BCUT2D eigenvalue weighted by Crippen LogP contribution is 2.44. The van der Waals surface area contributed by atoms with Gasteiger partial charge in [0.05, 0.1) is 19.3 Å². The first-order valence-electron chi connectivity index (χ1n) is 12.4. The Morgan fingerprint density at radius 3 is 2.73 bits per heavy atom. The summed E-state index contributed by atoms with van der Waals surface area (Å²) < 4.78 is 59.3. The summed E-state index contributed by atoms with van der Waals surface area (Å²) >= 11 is 7.38. The molecule has 6 rings (SSSR count). The molecular formula is C25H22ClF4N7O2S. The van der Waals surface area contributed by atoms with Crippen LogP contribution < -0.4 is 15.0 Å². The molecule has 2 aliphatic heterocycles. The molecule has 0 bridgehead atoms. The molecule has 0 spiro atoms. The Morgan fingerprint density at radius 1 is 1.23 bits per heavy atom. The molecule has 15 heteroatoms. The number of benzene rings is 1. The number of nitrogens with one attached hydrogen (secondary N) is 1. The first-order valence-corrected chi connectivity index (χ1v) is 13.6. The van der Waals surface area contributed by atoms with Gasteiger partial charge in [-0.1, -0.05) is 22.9 Å². The number of ether oxygens (including phenoxy) is 1. The lowest BCUT2D eigenvalue weighted by atomic mass is 9.98. The van der Waals surface area contributed by atoms with Gasteiger partial charge in [0.15, 0.2) is 10.8 Å². The van der Waals surface area contributed by atoms with Crippen LogP contribution in [0.5, 0.6) is 5.75 Å². The van der Waals surface area contributed by atoms with E-state index in [1.54, 1.807) is 17.2 Å². The first-order chi connectivity index (χ1) is 19.2. The third-order valence-electron chi connectivity index (χ3n) is 6.90. The summed E-state index contributed by atoms with van der Waals surface area (Å²) in [7, 11) is 0. The van der Waals surface area contributed by atoms with Crippen molar-refractivity contribution < 1.29 is 27.1 Å². The van der Waals surface area contributed by atoms with E-state index in [-0.39, 0.29) is 46.7 Å². The van der Waals surface area contributed by atoms with E-state index in [4.69, 9.17) is 21.3 Å². The fourth-order valence-corrected chi connectivity index (χ4v) is 6.18. The van der Waals surface area contributed by atoms with Crippen LogP contribution in [0.3, 0.4) is 0 Å². The molecule has 9 nitrogen and oxygen atoms in total. The molecule has 1 amide bonds. The number of piperidine rings is 1. The average molecular weight is 596 g/mol. The van der Waals surface area contributed by atoms with Crippen molar-refractivity contribution in [3.05, 3.63) is 53.4 Å². The number of halogens is 5. The van der Waals surface area contributed by atoms with Crippen LogP contribution in [-0.4, -0.2) is 75.1 Å². The van der Waals surface area contributed by atoms with Gasteiger partial charge in [-0.2, -0.15) is 13.9 Å². The van der Waals surface area contributed by atoms with Gasteiger partial charge >= 0.3 is 6.61 Å². The zero-order valence-corrected chi connectivity index (χ0v) is 22.3. The molecule has 1 aromatic carbocycles. The fraction of sp³-hybridized carbons (Fsp3) is 0.360. The second-order valence-electron chi connectivity index (χ2n) is 9.57. The van der Waals surface area contributed by atoms with E-state index >= 15 is 0 Å². The molecule has 2 fully saturated rings. The van der Waals surface area contributed by atoms with E-state index in [0.717, 1.165) is 0 Å². The molecule has 210 valence electrons. The number of carbonyl (C=O) groups is 1. The summed E-state index contributed by atoms with van der Waals surface area (Å²) in [6, 6.07) is 5.91. The minimum absolute atomic E-state index is 0.0524. The third kappa shape index (κ3) is 5.30. The number of hydrogen-bond acceptors (Lipinski definition) is 8. The van der Waals surface area contributed by atoms with Crippen LogP contribution in [0.15, 0.2) is 42.9 Å². The maximum atomic E-state index is 13.4. The Bertz CT molecular complexity index is 1550. The first kappa shape index (κ1) is 26.7. The number of alkyl halides is 4. The fourth-order valence-electron chi connectivity index (χ4n) is 4.98. The van der Waals surface area contributed by atoms with Crippen molar-refractivity contribution in [2.24, 2.45) is 0 Å². The molecule has 0 saturated carbocycles. The number of nitrogens with zero attached hydrogens (tertiary/aromatic N) is 6. The van der Waals surface area contributed by atoms with Crippen LogP contribution in [0.25, 0.3) is 16.9 Å². The number of anilines is 2. The summed E-state index contributed by atoms with van der Waals surface area (Å²) in [6.45, 7) is -2.43. The predicted octanol–water partition coefficient (Wildman–Crippen LogP) is 5.28. The average Bonchev–Trinajstić information content (AvgIpc) is 3.53. The molecule has 40 heavy (non-hydrogen) atoms. The van der Waals surface area contributed by atoms with Crippen LogP contribution in [0.4, 0.5) is 27.7 Å². The van der Waals surface area contributed by atoms with Crippen molar-refractivity contribution in [3.63, 3.8) is 0 Å². The number of fused-ring (bicyclic) bond motifs is 1. The van der Waals surface area contributed by atoms with Crippen molar-refractivity contribution in [2.75, 3.05) is 36.4 Å². The van der Waals surface area contributed by atoms with Crippen LogP contribution in [0.1, 0.15) is 23.2 Å². The van der Waals surface area contributed by atoms with Crippen molar-refractivity contribution >= 4 is 44.6 Å². The van der Waals surface area contributed by atoms with Crippen LogP contribution >= 0.6 is 22.9 Å². The summed E-state index contributed by atoms with van der Waals surface area (Å²) in [5.41, 5.74) is 0.944. The van der Waals surface area contributed by atoms with E-state index in [9.17, 15) is 22.4 Å². The zero-order chi connectivity index (χ0) is 28.0. The molecule has 2 aliphatic rings. The lowest BCUT2D eigenvalue weighted by Gasteiger charge is -2.46. The SMILES string of the molecule is O=C(Nc1sc(N2CCC(N3CC(F)(F)C3)CC2)nc1-c1cc(Cl)ccc1OC(F)F)c1cnn2cccnc12. The normalized spacial score (nSPS) is 17.8. The molecule has 4 aromatic rings.